The van der Waals surface area contributed by atoms with Crippen molar-refractivity contribution in [2.45, 2.75) is 4.90 Å². The zero-order chi connectivity index (χ0) is 19.3. The van der Waals surface area contributed by atoms with Gasteiger partial charge in [0.25, 0.3) is 5.91 Å². The van der Waals surface area contributed by atoms with E-state index < -0.39 is 0 Å². The van der Waals surface area contributed by atoms with Crippen LogP contribution in [-0.2, 0) is 9.53 Å². The van der Waals surface area contributed by atoms with Gasteiger partial charge in [0, 0.05) is 29.1 Å². The Morgan fingerprint density at radius 2 is 1.57 bits per heavy atom. The minimum absolute atomic E-state index is 0.120. The number of ether oxygens (including phenoxy) is 1. The van der Waals surface area contributed by atoms with Crippen LogP contribution >= 0.6 is 12.6 Å². The number of carbonyl (C=O) groups is 2. The molecular weight excluding hydrogens is 372 g/mol. The summed E-state index contributed by atoms with van der Waals surface area (Å²) in [6.07, 6.45) is 0. The van der Waals surface area contributed by atoms with Crippen molar-refractivity contribution in [3.63, 3.8) is 0 Å². The van der Waals surface area contributed by atoms with Crippen molar-refractivity contribution in [1.29, 1.82) is 0 Å². The van der Waals surface area contributed by atoms with Crippen molar-refractivity contribution < 1.29 is 14.3 Å². The maximum absolute atomic E-state index is 13.4. The molecule has 2 aliphatic heterocycles. The highest BCUT2D eigenvalue weighted by Gasteiger charge is 2.42. The molecule has 1 aliphatic carbocycles. The number of thiol groups is 1. The first-order valence-electron chi connectivity index (χ1n) is 9.21. The van der Waals surface area contributed by atoms with E-state index >= 15 is 0 Å². The normalized spacial score (nSPS) is 19.0. The zero-order valence-corrected chi connectivity index (χ0v) is 16.0. The lowest BCUT2D eigenvalue weighted by Crippen LogP contribution is -2.38. The van der Waals surface area contributed by atoms with Gasteiger partial charge in [0.1, 0.15) is 0 Å². The van der Waals surface area contributed by atoms with E-state index in [0.717, 1.165) is 21.7 Å². The van der Waals surface area contributed by atoms with Crippen LogP contribution in [0.1, 0.15) is 21.5 Å². The zero-order valence-electron chi connectivity index (χ0n) is 15.1. The summed E-state index contributed by atoms with van der Waals surface area (Å²) in [5.74, 6) is -0.352. The maximum atomic E-state index is 13.4. The first-order valence-corrected chi connectivity index (χ1v) is 9.66. The van der Waals surface area contributed by atoms with Crippen molar-refractivity contribution in [2.24, 2.45) is 0 Å². The summed E-state index contributed by atoms with van der Waals surface area (Å²) in [5, 5.41) is 2.95. The molecule has 0 spiro atoms. The molecule has 1 amide bonds. The van der Waals surface area contributed by atoms with Gasteiger partial charge in [-0.3, -0.25) is 9.59 Å². The molecule has 0 unspecified atom stereocenters. The Kier molecular flexibility index (Phi) is 4.10. The van der Waals surface area contributed by atoms with Crippen LogP contribution in [-0.4, -0.2) is 42.9 Å². The number of amides is 1. The third kappa shape index (κ3) is 2.60. The highest BCUT2D eigenvalue weighted by molar-refractivity contribution is 7.80. The number of Topliss-reactive ketones (excluding diaryl/α,β-unsaturated/α-hetero) is 1. The molecule has 1 N–H and O–H groups in total. The van der Waals surface area contributed by atoms with E-state index in [9.17, 15) is 9.59 Å². The van der Waals surface area contributed by atoms with Gasteiger partial charge in [-0.25, -0.2) is 0 Å². The van der Waals surface area contributed by atoms with E-state index in [1.165, 1.54) is 0 Å². The van der Waals surface area contributed by atoms with Crippen molar-refractivity contribution in [3.8, 4) is 0 Å². The number of fused-ring (bicyclic) bond motifs is 2. The van der Waals surface area contributed by atoms with Crippen molar-refractivity contribution in [2.75, 3.05) is 26.3 Å². The average Bonchev–Trinajstić information content (AvgIpc) is 3.07. The van der Waals surface area contributed by atoms with Crippen LogP contribution < -0.4 is 5.32 Å². The molecule has 1 fully saturated rings. The molecule has 5 nitrogen and oxygen atoms in total. The molecule has 0 saturated carbocycles. The fourth-order valence-corrected chi connectivity index (χ4v) is 4.20. The van der Waals surface area contributed by atoms with Gasteiger partial charge in [-0.15, -0.1) is 12.6 Å². The SMILES string of the molecule is O=C1NC(c2ccc(S)cc2)=C2C(=O)c3ccccc3C(N3CCOCC3)=C12. The number of hydrogen-bond donors (Lipinski definition) is 2. The Morgan fingerprint density at radius 3 is 2.29 bits per heavy atom. The summed E-state index contributed by atoms with van der Waals surface area (Å²) in [6, 6.07) is 15.0. The predicted octanol–water partition coefficient (Wildman–Crippen LogP) is 2.76. The monoisotopic (exact) mass is 390 g/mol. The molecule has 1 saturated heterocycles. The lowest BCUT2D eigenvalue weighted by Gasteiger charge is -2.34. The van der Waals surface area contributed by atoms with Gasteiger partial charge in [0.2, 0.25) is 0 Å². The Bertz CT molecular complexity index is 1060. The Morgan fingerprint density at radius 1 is 0.893 bits per heavy atom. The number of nitrogens with zero attached hydrogens (tertiary/aromatic N) is 1. The molecule has 28 heavy (non-hydrogen) atoms. The molecule has 140 valence electrons. The molecule has 2 aromatic rings. The minimum atomic E-state index is -0.232. The largest absolute Gasteiger partial charge is 0.378 e. The fourth-order valence-electron chi connectivity index (χ4n) is 4.05. The second-order valence-electron chi connectivity index (χ2n) is 6.95. The van der Waals surface area contributed by atoms with Crippen LogP contribution in [0.5, 0.6) is 0 Å². The summed E-state index contributed by atoms with van der Waals surface area (Å²) in [7, 11) is 0. The maximum Gasteiger partial charge on any atom is 0.258 e. The molecule has 3 aliphatic rings. The summed E-state index contributed by atoms with van der Waals surface area (Å²) < 4.78 is 5.49. The number of carbonyl (C=O) groups excluding carboxylic acids is 2. The van der Waals surface area contributed by atoms with Crippen LogP contribution in [0.15, 0.2) is 64.6 Å². The van der Waals surface area contributed by atoms with Crippen LogP contribution in [0.25, 0.3) is 11.4 Å². The molecule has 0 atom stereocenters. The molecule has 0 bridgehead atoms. The predicted molar refractivity (Wildman–Crippen MR) is 109 cm³/mol. The number of morpholine rings is 1. The van der Waals surface area contributed by atoms with Crippen LogP contribution in [0.3, 0.4) is 0 Å². The number of ketones is 1. The summed E-state index contributed by atoms with van der Waals surface area (Å²) in [4.78, 5) is 29.4. The second kappa shape index (κ2) is 6.65. The average molecular weight is 390 g/mol. The van der Waals surface area contributed by atoms with Crippen molar-refractivity contribution in [1.82, 2.24) is 10.2 Å². The van der Waals surface area contributed by atoms with E-state index in [1.54, 1.807) is 0 Å². The lowest BCUT2D eigenvalue weighted by atomic mass is 9.83. The molecule has 6 heteroatoms. The Hall–Kier alpha value is -2.83. The molecule has 2 heterocycles. The standard InChI is InChI=1S/C22H18N2O3S/c25-21-16-4-2-1-3-15(16)20(24-9-11-27-12-10-24)18-17(21)19(23-22(18)26)13-5-7-14(28)8-6-13/h1-8,28H,9-12H2,(H,23,26). The Labute approximate surface area is 168 Å². The van der Waals surface area contributed by atoms with E-state index in [1.807, 2.05) is 48.5 Å². The van der Waals surface area contributed by atoms with Gasteiger partial charge in [-0.1, -0.05) is 36.4 Å². The van der Waals surface area contributed by atoms with Gasteiger partial charge >= 0.3 is 0 Å². The fraction of sp³-hybridized carbons (Fsp3) is 0.182. The molecule has 0 aromatic heterocycles. The third-order valence-electron chi connectivity index (χ3n) is 5.34. The lowest BCUT2D eigenvalue weighted by molar-refractivity contribution is -0.115. The van der Waals surface area contributed by atoms with Gasteiger partial charge in [-0.2, -0.15) is 0 Å². The van der Waals surface area contributed by atoms with Crippen LogP contribution in [0, 0.1) is 0 Å². The first kappa shape index (κ1) is 17.3. The molecule has 2 aromatic carbocycles. The number of rotatable bonds is 2. The quantitative estimate of drug-likeness (QED) is 0.775. The number of hydrogen-bond acceptors (Lipinski definition) is 5. The molecule has 5 rings (SSSR count). The molecule has 0 radical (unpaired) electrons. The number of nitrogens with one attached hydrogen (secondary N) is 1. The van der Waals surface area contributed by atoms with E-state index in [2.05, 4.69) is 22.8 Å². The van der Waals surface area contributed by atoms with Gasteiger partial charge < -0.3 is 15.0 Å². The van der Waals surface area contributed by atoms with Gasteiger partial charge in [0.05, 0.1) is 35.8 Å². The van der Waals surface area contributed by atoms with Crippen molar-refractivity contribution >= 4 is 35.7 Å². The van der Waals surface area contributed by atoms with Crippen LogP contribution in [0.4, 0.5) is 0 Å². The number of benzene rings is 2. The highest BCUT2D eigenvalue weighted by Crippen LogP contribution is 2.42. The van der Waals surface area contributed by atoms with E-state index in [-0.39, 0.29) is 11.7 Å². The van der Waals surface area contributed by atoms with E-state index in [4.69, 9.17) is 4.74 Å². The summed E-state index contributed by atoms with van der Waals surface area (Å²) >= 11 is 4.32. The second-order valence-corrected chi connectivity index (χ2v) is 7.47. The molecular formula is C22H18N2O3S. The van der Waals surface area contributed by atoms with Gasteiger partial charge in [-0.05, 0) is 17.7 Å². The Balaban J connectivity index is 1.78. The smallest absolute Gasteiger partial charge is 0.258 e. The highest BCUT2D eigenvalue weighted by atomic mass is 32.1. The summed E-state index contributed by atoms with van der Waals surface area (Å²) in [6.45, 7) is 2.57. The third-order valence-corrected chi connectivity index (χ3v) is 5.64. The van der Waals surface area contributed by atoms with Crippen LogP contribution in [0.2, 0.25) is 0 Å². The topological polar surface area (TPSA) is 58.6 Å². The minimum Gasteiger partial charge on any atom is -0.378 e. The van der Waals surface area contributed by atoms with Gasteiger partial charge in [0.15, 0.2) is 5.78 Å². The van der Waals surface area contributed by atoms with E-state index in [0.29, 0.717) is 48.7 Å². The summed E-state index contributed by atoms with van der Waals surface area (Å²) in [5.41, 5.74) is 4.56. The first-order chi connectivity index (χ1) is 13.6. The van der Waals surface area contributed by atoms with Crippen molar-refractivity contribution in [3.05, 3.63) is 76.4 Å².